The molecule has 13 heteroatoms. The Kier molecular flexibility index (Phi) is 103. The third-order valence-electron chi connectivity index (χ3n) is 0.224. The molecule has 14 heavy (non-hydrogen) atoms. The van der Waals surface area contributed by atoms with Crippen molar-refractivity contribution in [3.05, 3.63) is 0 Å². The first-order valence-corrected chi connectivity index (χ1v) is 2.72. The summed E-state index contributed by atoms with van der Waals surface area (Å²) in [5.41, 5.74) is -2.56. The zero-order chi connectivity index (χ0) is 6.08. The van der Waals surface area contributed by atoms with E-state index in [1.807, 2.05) is 0 Å². The van der Waals surface area contributed by atoms with Crippen LogP contribution in [0.3, 0.4) is 0 Å². The molecule has 11 nitrogen and oxygen atoms in total. The molecule has 0 heterocycles. The monoisotopic (exact) mass is 389 g/mol. The van der Waals surface area contributed by atoms with Crippen LogP contribution in [0, 0.1) is 39.9 Å². The SMILES string of the molecule is O.O.O.O.O.O.O=C([O-])P(=O)([O-])[O-].[Gd+3]. The number of hydrogen-bond acceptors (Lipinski definition) is 5. The van der Waals surface area contributed by atoms with E-state index < -0.39 is 13.3 Å². The van der Waals surface area contributed by atoms with Crippen LogP contribution in [0.2, 0.25) is 0 Å². The standard InChI is InChI=1S/CH3O5P.Gd.6H2O/c2-1(3)7(4,5)6;;;;;;;/h(H,2,3)(H2,4,5,6);;6*1H2/q;+3;;;;;;/p-3. The van der Waals surface area contributed by atoms with Crippen LogP contribution in [0.15, 0.2) is 0 Å². The Labute approximate surface area is 110 Å². The quantitative estimate of drug-likeness (QED) is 0.394. The summed E-state index contributed by atoms with van der Waals surface area (Å²) in [6.45, 7) is 0. The van der Waals surface area contributed by atoms with Gasteiger partial charge in [-0.25, -0.2) is 0 Å². The Morgan fingerprint density at radius 3 is 0.929 bits per heavy atom. The van der Waals surface area contributed by atoms with Gasteiger partial charge in [0.25, 0.3) is 0 Å². The van der Waals surface area contributed by atoms with Crippen molar-refractivity contribution in [2.45, 2.75) is 0 Å². The minimum atomic E-state index is -5.43. The Balaban J connectivity index is -0.00000000857. The van der Waals surface area contributed by atoms with Gasteiger partial charge in [0.15, 0.2) is 0 Å². The maximum absolute atomic E-state index is 9.14. The number of hydrogen-bond donors (Lipinski definition) is 0. The van der Waals surface area contributed by atoms with Crippen LogP contribution in [0.4, 0.5) is 4.79 Å². The summed E-state index contributed by atoms with van der Waals surface area (Å²) in [6, 6.07) is 0. The fourth-order valence-corrected chi connectivity index (χ4v) is 0. The van der Waals surface area contributed by atoms with E-state index in [2.05, 4.69) is 0 Å². The van der Waals surface area contributed by atoms with Crippen molar-refractivity contribution < 1.29 is 97.1 Å². The van der Waals surface area contributed by atoms with Crippen molar-refractivity contribution in [1.29, 1.82) is 0 Å². The number of carboxylic acid groups (broad SMARTS) is 1. The smallest absolute Gasteiger partial charge is 0.807 e. The molecule has 0 amide bonds. The van der Waals surface area contributed by atoms with Gasteiger partial charge in [-0.05, 0) is 7.60 Å². The van der Waals surface area contributed by atoms with Gasteiger partial charge >= 0.3 is 39.9 Å². The first kappa shape index (κ1) is 61.4. The predicted octanol–water partition coefficient (Wildman–Crippen LogP) is -7.70. The minimum Gasteiger partial charge on any atom is -0.807 e. The summed E-state index contributed by atoms with van der Waals surface area (Å²) in [5, 5.41) is 9.02. The van der Waals surface area contributed by atoms with Crippen LogP contribution in [-0.4, -0.2) is 38.6 Å². The maximum atomic E-state index is 9.14. The molecule has 0 aliphatic heterocycles. The normalized spacial score (nSPS) is 5.57. The van der Waals surface area contributed by atoms with Gasteiger partial charge in [-0.1, -0.05) is 0 Å². The molecule has 0 saturated carbocycles. The number of carbonyl (C=O) groups is 1. The molecule has 12 N–H and O–H groups in total. The van der Waals surface area contributed by atoms with Crippen LogP contribution in [0.5, 0.6) is 0 Å². The second-order valence-electron chi connectivity index (χ2n) is 0.763. The molecule has 1 radical (unpaired) electrons. The molecule has 0 spiro atoms. The maximum Gasteiger partial charge on any atom is 3.00 e. The van der Waals surface area contributed by atoms with Crippen molar-refractivity contribution in [3.63, 3.8) is 0 Å². The van der Waals surface area contributed by atoms with Crippen molar-refractivity contribution in [1.82, 2.24) is 0 Å². The molecule has 0 unspecified atom stereocenters. The molecule has 95 valence electrons. The average Bonchev–Trinajstić information content (AvgIpc) is 1.31. The average molecular weight is 388 g/mol. The van der Waals surface area contributed by atoms with Gasteiger partial charge in [-0.3, -0.25) is 0 Å². The largest absolute Gasteiger partial charge is 3.00 e. The van der Waals surface area contributed by atoms with Crippen molar-refractivity contribution in [2.75, 3.05) is 0 Å². The number of rotatable bonds is 1. The van der Waals surface area contributed by atoms with Crippen molar-refractivity contribution in [3.8, 4) is 0 Å². The summed E-state index contributed by atoms with van der Waals surface area (Å²) in [4.78, 5) is 27.3. The molecule has 0 saturated heterocycles. The van der Waals surface area contributed by atoms with Crippen LogP contribution in [0.1, 0.15) is 0 Å². The summed E-state index contributed by atoms with van der Waals surface area (Å²) >= 11 is 0. The molecule has 0 aromatic heterocycles. The van der Waals surface area contributed by atoms with E-state index in [0.717, 1.165) is 0 Å². The first-order valence-electron chi connectivity index (χ1n) is 1.18. The summed E-state index contributed by atoms with van der Waals surface area (Å²) in [7, 11) is -5.43. The molecular weight excluding hydrogens is 376 g/mol. The van der Waals surface area contributed by atoms with E-state index in [0.29, 0.717) is 0 Å². The van der Waals surface area contributed by atoms with Crippen LogP contribution < -0.4 is 14.9 Å². The van der Waals surface area contributed by atoms with Crippen LogP contribution in [0.25, 0.3) is 0 Å². The van der Waals surface area contributed by atoms with Gasteiger partial charge in [0, 0.05) is 0 Å². The fourth-order valence-electron chi connectivity index (χ4n) is 0. The molecule has 0 aromatic rings. The second-order valence-corrected chi connectivity index (χ2v) is 2.12. The fraction of sp³-hybridized carbons (Fsp3) is 0. The van der Waals surface area contributed by atoms with Gasteiger partial charge in [0.05, 0.1) is 5.71 Å². The Hall–Kier alpha value is 0.705. The van der Waals surface area contributed by atoms with Gasteiger partial charge in [0.2, 0.25) is 0 Å². The van der Waals surface area contributed by atoms with E-state index in [9.17, 15) is 0 Å². The topological polar surface area (TPSA) is 292 Å². The zero-order valence-electron chi connectivity index (χ0n) is 6.34. The van der Waals surface area contributed by atoms with Gasteiger partial charge in [0.1, 0.15) is 0 Å². The van der Waals surface area contributed by atoms with E-state index in [4.69, 9.17) is 24.3 Å². The molecule has 0 rings (SSSR count). The van der Waals surface area contributed by atoms with Gasteiger partial charge in [-0.15, -0.1) is 0 Å². The Bertz CT molecular complexity index is 127. The molecule has 0 aliphatic rings. The van der Waals surface area contributed by atoms with E-state index in [1.165, 1.54) is 0 Å². The molecule has 0 bridgehead atoms. The zero-order valence-corrected chi connectivity index (χ0v) is 9.50. The van der Waals surface area contributed by atoms with Gasteiger partial charge < -0.3 is 57.1 Å². The molecule has 0 atom stereocenters. The molecule has 0 fully saturated rings. The van der Waals surface area contributed by atoms with Crippen LogP contribution >= 0.6 is 7.60 Å². The van der Waals surface area contributed by atoms with Crippen LogP contribution in [-0.2, 0) is 4.57 Å². The summed E-state index contributed by atoms with van der Waals surface area (Å²) in [5.74, 6) is 0. The molecular formula is CH12GdO11P. The van der Waals surface area contributed by atoms with E-state index >= 15 is 0 Å². The summed E-state index contributed by atoms with van der Waals surface area (Å²) in [6.07, 6.45) is 0. The van der Waals surface area contributed by atoms with Crippen molar-refractivity contribution in [2.24, 2.45) is 0 Å². The first-order chi connectivity index (χ1) is 2.94. The van der Waals surface area contributed by atoms with E-state index in [1.54, 1.807) is 0 Å². The van der Waals surface area contributed by atoms with E-state index in [-0.39, 0.29) is 72.8 Å². The third-order valence-corrected chi connectivity index (χ3v) is 0.671. The third kappa shape index (κ3) is 38.7. The summed E-state index contributed by atoms with van der Waals surface area (Å²) < 4.78 is 9.14. The molecule has 0 aromatic carbocycles. The number of carbonyl (C=O) groups excluding carboxylic acids is 1. The molecule has 0 aliphatic carbocycles. The van der Waals surface area contributed by atoms with Gasteiger partial charge in [-0.2, -0.15) is 0 Å². The second kappa shape index (κ2) is 23.5. The Morgan fingerprint density at radius 2 is 0.929 bits per heavy atom. The Morgan fingerprint density at radius 1 is 0.857 bits per heavy atom. The minimum absolute atomic E-state index is 0. The predicted molar refractivity (Wildman–Crippen MR) is 34.7 cm³/mol. The van der Waals surface area contributed by atoms with Crippen molar-refractivity contribution >= 4 is 13.3 Å².